The number of nitrogens with zero attached hydrogens (tertiary/aromatic N) is 3. The summed E-state index contributed by atoms with van der Waals surface area (Å²) in [7, 11) is 0. The van der Waals surface area contributed by atoms with Crippen molar-refractivity contribution in [1.29, 1.82) is 0 Å². The Bertz CT molecular complexity index is 677. The zero-order chi connectivity index (χ0) is 12.0. The largest absolute Gasteiger partial charge is 0.212 e. The minimum absolute atomic E-state index is 0.829. The first-order valence-corrected chi connectivity index (χ1v) is 6.36. The Balaban J connectivity index is 2.20. The van der Waals surface area contributed by atoms with Gasteiger partial charge < -0.3 is 0 Å². The molecule has 17 heavy (non-hydrogen) atoms. The van der Waals surface area contributed by atoms with Gasteiger partial charge in [-0.1, -0.05) is 41.2 Å². The Kier molecular flexibility index (Phi) is 2.26. The Labute approximate surface area is 104 Å². The summed E-state index contributed by atoms with van der Waals surface area (Å²) in [6.45, 7) is 6.11. The Morgan fingerprint density at radius 1 is 1.06 bits per heavy atom. The van der Waals surface area contributed by atoms with Gasteiger partial charge in [0.15, 0.2) is 0 Å². The molecular weight excluding hydrogens is 230 g/mol. The second-order valence-corrected chi connectivity index (χ2v) is 5.21. The van der Waals surface area contributed by atoms with Gasteiger partial charge in [0.25, 0.3) is 0 Å². The van der Waals surface area contributed by atoms with Crippen LogP contribution in [0.4, 0.5) is 0 Å². The number of thiazole rings is 1. The summed E-state index contributed by atoms with van der Waals surface area (Å²) in [6.07, 6.45) is 0. The van der Waals surface area contributed by atoms with E-state index in [4.69, 9.17) is 0 Å². The van der Waals surface area contributed by atoms with Crippen LogP contribution in [0.1, 0.15) is 17.1 Å². The smallest absolute Gasteiger partial charge is 0.207 e. The Hall–Kier alpha value is -1.68. The first kappa shape index (κ1) is 10.5. The van der Waals surface area contributed by atoms with Gasteiger partial charge in [0, 0.05) is 0 Å². The molecule has 0 atom stereocenters. The molecule has 0 saturated heterocycles. The monoisotopic (exact) mass is 243 g/mol. The molecule has 3 nitrogen and oxygen atoms in total. The minimum atomic E-state index is 0.829. The number of aryl methyl sites for hydroxylation is 3. The lowest BCUT2D eigenvalue weighted by Gasteiger charge is -1.99. The maximum absolute atomic E-state index is 4.41. The number of fused-ring (bicyclic) bond motifs is 1. The first-order valence-electron chi connectivity index (χ1n) is 5.55. The molecule has 2 heterocycles. The van der Waals surface area contributed by atoms with Crippen molar-refractivity contribution in [3.05, 3.63) is 41.3 Å². The summed E-state index contributed by atoms with van der Waals surface area (Å²) in [4.78, 5) is 6.63. The second kappa shape index (κ2) is 3.67. The molecule has 0 radical (unpaired) electrons. The number of hydrogen-bond acceptors (Lipinski definition) is 3. The average Bonchev–Trinajstić information content (AvgIpc) is 2.79. The van der Waals surface area contributed by atoms with Gasteiger partial charge >= 0.3 is 0 Å². The molecule has 0 unspecified atom stereocenters. The molecular formula is C13H13N3S. The summed E-state index contributed by atoms with van der Waals surface area (Å²) >= 11 is 1.69. The van der Waals surface area contributed by atoms with E-state index in [1.807, 2.05) is 11.4 Å². The zero-order valence-electron chi connectivity index (χ0n) is 10.1. The van der Waals surface area contributed by atoms with Gasteiger partial charge in [0.2, 0.25) is 4.96 Å². The van der Waals surface area contributed by atoms with E-state index >= 15 is 0 Å². The van der Waals surface area contributed by atoms with Crippen molar-refractivity contribution in [1.82, 2.24) is 14.6 Å². The van der Waals surface area contributed by atoms with Crippen LogP contribution >= 0.6 is 11.3 Å². The third-order valence-corrected chi connectivity index (χ3v) is 4.02. The van der Waals surface area contributed by atoms with Crippen LogP contribution in [-0.4, -0.2) is 14.6 Å². The lowest BCUT2D eigenvalue weighted by Crippen LogP contribution is -1.88. The van der Waals surface area contributed by atoms with Gasteiger partial charge in [0.1, 0.15) is 5.82 Å². The van der Waals surface area contributed by atoms with Crippen molar-refractivity contribution in [3.8, 4) is 10.4 Å². The van der Waals surface area contributed by atoms with E-state index in [0.717, 1.165) is 16.5 Å². The highest BCUT2D eigenvalue weighted by Gasteiger charge is 2.12. The zero-order valence-corrected chi connectivity index (χ0v) is 10.9. The van der Waals surface area contributed by atoms with Crippen molar-refractivity contribution < 1.29 is 0 Å². The highest BCUT2D eigenvalue weighted by atomic mass is 32.1. The van der Waals surface area contributed by atoms with Crippen LogP contribution in [0.15, 0.2) is 24.3 Å². The maximum atomic E-state index is 4.41. The molecule has 3 aromatic rings. The fourth-order valence-electron chi connectivity index (χ4n) is 1.91. The average molecular weight is 243 g/mol. The van der Waals surface area contributed by atoms with E-state index in [9.17, 15) is 0 Å². The van der Waals surface area contributed by atoms with Crippen LogP contribution in [0.25, 0.3) is 15.4 Å². The molecule has 0 fully saturated rings. The van der Waals surface area contributed by atoms with Gasteiger partial charge in [-0.15, -0.1) is 0 Å². The highest BCUT2D eigenvalue weighted by Crippen LogP contribution is 2.31. The van der Waals surface area contributed by atoms with Crippen molar-refractivity contribution >= 4 is 16.3 Å². The molecule has 0 N–H and O–H groups in total. The normalized spacial score (nSPS) is 11.2. The SMILES string of the molecule is Cc1ccc(-c2sc3nc(C)nn3c2C)cc1. The quantitative estimate of drug-likeness (QED) is 0.656. The third-order valence-electron chi connectivity index (χ3n) is 2.84. The summed E-state index contributed by atoms with van der Waals surface area (Å²) in [5, 5.41) is 4.39. The molecule has 0 bridgehead atoms. The van der Waals surface area contributed by atoms with Gasteiger partial charge in [-0.25, -0.2) is 9.50 Å². The lowest BCUT2D eigenvalue weighted by molar-refractivity contribution is 0.906. The molecule has 0 saturated carbocycles. The molecule has 1 aromatic carbocycles. The molecule has 0 aliphatic carbocycles. The molecule has 0 aliphatic heterocycles. The second-order valence-electron chi connectivity index (χ2n) is 4.24. The standard InChI is InChI=1S/C13H13N3S/c1-8-4-6-11(7-5-8)12-9(2)16-13(17-12)14-10(3)15-16/h4-7H,1-3H3. The van der Waals surface area contributed by atoms with E-state index in [0.29, 0.717) is 0 Å². The van der Waals surface area contributed by atoms with Gasteiger partial charge in [-0.2, -0.15) is 5.10 Å². The summed E-state index contributed by atoms with van der Waals surface area (Å²) in [6, 6.07) is 8.58. The van der Waals surface area contributed by atoms with E-state index < -0.39 is 0 Å². The summed E-state index contributed by atoms with van der Waals surface area (Å²) < 4.78 is 1.93. The van der Waals surface area contributed by atoms with Gasteiger partial charge in [-0.3, -0.25) is 0 Å². The lowest BCUT2D eigenvalue weighted by atomic mass is 10.1. The topological polar surface area (TPSA) is 30.2 Å². The number of aromatic nitrogens is 3. The van der Waals surface area contributed by atoms with Crippen LogP contribution in [0, 0.1) is 20.8 Å². The highest BCUT2D eigenvalue weighted by molar-refractivity contribution is 7.20. The Morgan fingerprint density at radius 2 is 1.76 bits per heavy atom. The van der Waals surface area contributed by atoms with Crippen molar-refractivity contribution in [2.45, 2.75) is 20.8 Å². The fraction of sp³-hybridized carbons (Fsp3) is 0.231. The van der Waals surface area contributed by atoms with E-state index in [-0.39, 0.29) is 0 Å². The van der Waals surface area contributed by atoms with Crippen LogP contribution < -0.4 is 0 Å². The molecule has 4 heteroatoms. The molecule has 0 amide bonds. The van der Waals surface area contributed by atoms with Crippen LogP contribution in [0.2, 0.25) is 0 Å². The Morgan fingerprint density at radius 3 is 2.41 bits per heavy atom. The summed E-state index contributed by atoms with van der Waals surface area (Å²) in [5.41, 5.74) is 3.68. The third kappa shape index (κ3) is 1.65. The summed E-state index contributed by atoms with van der Waals surface area (Å²) in [5.74, 6) is 0.829. The predicted octanol–water partition coefficient (Wildman–Crippen LogP) is 3.38. The van der Waals surface area contributed by atoms with Crippen molar-refractivity contribution in [3.63, 3.8) is 0 Å². The molecule has 3 rings (SSSR count). The van der Waals surface area contributed by atoms with E-state index in [1.165, 1.54) is 16.0 Å². The fourth-order valence-corrected chi connectivity index (χ4v) is 3.03. The predicted molar refractivity (Wildman–Crippen MR) is 70.5 cm³/mol. The molecule has 2 aromatic heterocycles. The van der Waals surface area contributed by atoms with Crippen LogP contribution in [0.5, 0.6) is 0 Å². The van der Waals surface area contributed by atoms with Crippen LogP contribution in [-0.2, 0) is 0 Å². The van der Waals surface area contributed by atoms with Gasteiger partial charge in [0.05, 0.1) is 10.6 Å². The van der Waals surface area contributed by atoms with E-state index in [2.05, 4.69) is 48.2 Å². The molecule has 0 aliphatic rings. The van der Waals surface area contributed by atoms with E-state index in [1.54, 1.807) is 11.3 Å². The molecule has 0 spiro atoms. The maximum Gasteiger partial charge on any atom is 0.212 e. The number of benzene rings is 1. The van der Waals surface area contributed by atoms with Gasteiger partial charge in [-0.05, 0) is 26.3 Å². The number of hydrogen-bond donors (Lipinski definition) is 0. The van der Waals surface area contributed by atoms with Crippen LogP contribution in [0.3, 0.4) is 0 Å². The minimum Gasteiger partial charge on any atom is -0.207 e. The number of rotatable bonds is 1. The molecule has 86 valence electrons. The van der Waals surface area contributed by atoms with Crippen molar-refractivity contribution in [2.75, 3.05) is 0 Å². The first-order chi connectivity index (χ1) is 8.15. The van der Waals surface area contributed by atoms with Crippen molar-refractivity contribution in [2.24, 2.45) is 0 Å².